The van der Waals surface area contributed by atoms with Crippen LogP contribution in [0.25, 0.3) is 0 Å². The normalized spacial score (nSPS) is 17.2. The summed E-state index contributed by atoms with van der Waals surface area (Å²) in [5.74, 6) is 0.678. The van der Waals surface area contributed by atoms with Crippen LogP contribution in [0.3, 0.4) is 0 Å². The number of likely N-dealkylation sites (tertiary alicyclic amines) is 1. The number of ether oxygens (including phenoxy) is 1. The molecule has 1 N–H and O–H groups in total. The Hall–Kier alpha value is -3.61. The van der Waals surface area contributed by atoms with E-state index in [4.69, 9.17) is 4.74 Å². The van der Waals surface area contributed by atoms with Crippen molar-refractivity contribution in [3.8, 4) is 5.88 Å². The summed E-state index contributed by atoms with van der Waals surface area (Å²) in [6, 6.07) is 6.69. The summed E-state index contributed by atoms with van der Waals surface area (Å²) >= 11 is 0. The fourth-order valence-corrected chi connectivity index (χ4v) is 5.04. The molecule has 0 saturated carbocycles. The third-order valence-corrected chi connectivity index (χ3v) is 7.25. The van der Waals surface area contributed by atoms with Crippen LogP contribution in [-0.4, -0.2) is 84.6 Å². The number of rotatable bonds is 9. The Morgan fingerprint density at radius 2 is 1.85 bits per heavy atom. The number of nitrogens with zero attached hydrogens (tertiary/aromatic N) is 5. The van der Waals surface area contributed by atoms with Crippen LogP contribution in [0.15, 0.2) is 36.5 Å². The Morgan fingerprint density at radius 1 is 1.13 bits per heavy atom. The molecule has 212 valence electrons. The molecule has 0 aliphatic carbocycles. The Balaban J connectivity index is 1.16. The zero-order valence-electron chi connectivity index (χ0n) is 21.8. The van der Waals surface area contributed by atoms with E-state index in [0.717, 1.165) is 57.0 Å². The van der Waals surface area contributed by atoms with Gasteiger partial charge in [0.2, 0.25) is 11.8 Å². The number of nitro benzene ring substituents is 1. The van der Waals surface area contributed by atoms with Crippen LogP contribution in [0.2, 0.25) is 0 Å². The Bertz CT molecular complexity index is 1130. The number of pyridine rings is 1. The number of piperazine rings is 1. The van der Waals surface area contributed by atoms with E-state index in [-0.39, 0.29) is 17.6 Å². The van der Waals surface area contributed by atoms with Gasteiger partial charge in [0.25, 0.3) is 5.69 Å². The maximum absolute atomic E-state index is 13.3. The van der Waals surface area contributed by atoms with Crippen molar-refractivity contribution < 1.29 is 27.6 Å². The predicted molar refractivity (Wildman–Crippen MR) is 140 cm³/mol. The Labute approximate surface area is 224 Å². The predicted octanol–water partition coefficient (Wildman–Crippen LogP) is 4.02. The molecule has 1 aromatic carbocycles. The van der Waals surface area contributed by atoms with E-state index in [0.29, 0.717) is 38.2 Å². The molecule has 0 bridgehead atoms. The van der Waals surface area contributed by atoms with E-state index in [1.165, 1.54) is 6.07 Å². The van der Waals surface area contributed by atoms with Gasteiger partial charge in [0.1, 0.15) is 5.56 Å². The highest BCUT2D eigenvalue weighted by atomic mass is 19.4. The Morgan fingerprint density at radius 3 is 2.44 bits per heavy atom. The second-order valence-corrected chi connectivity index (χ2v) is 9.78. The third kappa shape index (κ3) is 7.49. The highest BCUT2D eigenvalue weighted by molar-refractivity contribution is 5.76. The minimum Gasteiger partial charge on any atom is -0.481 e. The van der Waals surface area contributed by atoms with Gasteiger partial charge in [0.05, 0.1) is 23.9 Å². The van der Waals surface area contributed by atoms with E-state index in [9.17, 15) is 28.1 Å². The third-order valence-electron chi connectivity index (χ3n) is 7.25. The monoisotopic (exact) mass is 550 g/mol. The maximum Gasteiger partial charge on any atom is 0.423 e. The molecule has 0 radical (unpaired) electrons. The van der Waals surface area contributed by atoms with E-state index >= 15 is 0 Å². The lowest BCUT2D eigenvalue weighted by molar-refractivity contribution is -0.388. The number of alkyl halides is 3. The van der Waals surface area contributed by atoms with Gasteiger partial charge in [-0.15, -0.1) is 0 Å². The smallest absolute Gasteiger partial charge is 0.423 e. The van der Waals surface area contributed by atoms with Gasteiger partial charge < -0.3 is 19.9 Å². The Kier molecular flexibility index (Phi) is 9.10. The van der Waals surface area contributed by atoms with Gasteiger partial charge in [-0.3, -0.25) is 19.8 Å². The summed E-state index contributed by atoms with van der Waals surface area (Å²) in [5, 5.41) is 14.0. The van der Waals surface area contributed by atoms with Crippen LogP contribution in [0.4, 0.5) is 30.2 Å². The minimum atomic E-state index is -4.82. The fourth-order valence-electron chi connectivity index (χ4n) is 5.04. The maximum atomic E-state index is 13.3. The molecule has 2 fully saturated rings. The lowest BCUT2D eigenvalue weighted by Crippen LogP contribution is -2.47. The van der Waals surface area contributed by atoms with Crippen LogP contribution >= 0.6 is 0 Å². The van der Waals surface area contributed by atoms with E-state index in [1.54, 1.807) is 7.11 Å². The van der Waals surface area contributed by atoms with Crippen LogP contribution in [-0.2, 0) is 11.0 Å². The van der Waals surface area contributed by atoms with Crippen molar-refractivity contribution in [3.05, 3.63) is 52.2 Å². The molecule has 0 unspecified atom stereocenters. The number of nitro groups is 1. The number of amides is 1. The molecular formula is C26H33F3N6O4. The molecule has 2 aliphatic heterocycles. The van der Waals surface area contributed by atoms with Crippen LogP contribution in [0.5, 0.6) is 5.88 Å². The quantitative estimate of drug-likeness (QED) is 0.369. The molecular weight excluding hydrogens is 517 g/mol. The molecule has 4 rings (SSSR count). The summed E-state index contributed by atoms with van der Waals surface area (Å²) < 4.78 is 44.9. The molecule has 2 aromatic rings. The molecule has 13 heteroatoms. The zero-order valence-corrected chi connectivity index (χ0v) is 21.8. The number of nitrogens with one attached hydrogen (secondary N) is 1. The van der Waals surface area contributed by atoms with E-state index < -0.39 is 22.4 Å². The van der Waals surface area contributed by atoms with Crippen molar-refractivity contribution in [2.75, 3.05) is 63.1 Å². The number of anilines is 2. The molecule has 39 heavy (non-hydrogen) atoms. The number of hydrogen-bond donors (Lipinski definition) is 1. The van der Waals surface area contributed by atoms with Crippen LogP contribution < -0.4 is 15.0 Å². The van der Waals surface area contributed by atoms with Gasteiger partial charge in [-0.1, -0.05) is 0 Å². The molecule has 3 heterocycles. The number of halogens is 3. The van der Waals surface area contributed by atoms with Crippen molar-refractivity contribution in [3.63, 3.8) is 0 Å². The van der Waals surface area contributed by atoms with Crippen molar-refractivity contribution in [1.82, 2.24) is 14.8 Å². The van der Waals surface area contributed by atoms with Crippen molar-refractivity contribution in [2.45, 2.75) is 37.9 Å². The standard InChI is InChI=1S/C26H33F3N6O4/c1-39-24-7-5-21(18-30-24)33-15-13-32(14-16-33)10-2-3-25(36)34-11-8-19(9-12-34)31-20-4-6-23(35(37)38)22(17-20)26(27,28)29/h4-7,17-19,31H,2-3,8-16H2,1H3. The SMILES string of the molecule is COc1ccc(N2CCN(CCCC(=O)N3CCC(Nc4ccc([N+](=O)[O-])c(C(F)(F)F)c4)CC3)CC2)cn1. The highest BCUT2D eigenvalue weighted by Gasteiger charge is 2.38. The summed E-state index contributed by atoms with van der Waals surface area (Å²) in [6.07, 6.45) is -0.602. The molecule has 0 spiro atoms. The van der Waals surface area contributed by atoms with Gasteiger partial charge in [0, 0.05) is 69.6 Å². The van der Waals surface area contributed by atoms with Crippen molar-refractivity contribution >= 4 is 23.0 Å². The first-order chi connectivity index (χ1) is 18.6. The lowest BCUT2D eigenvalue weighted by atomic mass is 10.0. The number of aromatic nitrogens is 1. The molecule has 1 amide bonds. The topological polar surface area (TPSA) is 104 Å². The highest BCUT2D eigenvalue weighted by Crippen LogP contribution is 2.38. The first-order valence-corrected chi connectivity index (χ1v) is 13.0. The van der Waals surface area contributed by atoms with Crippen molar-refractivity contribution in [2.24, 2.45) is 0 Å². The number of methoxy groups -OCH3 is 1. The van der Waals surface area contributed by atoms with Crippen LogP contribution in [0, 0.1) is 10.1 Å². The second kappa shape index (κ2) is 12.5. The average Bonchev–Trinajstić information content (AvgIpc) is 2.93. The first kappa shape index (κ1) is 28.4. The van der Waals surface area contributed by atoms with E-state index in [2.05, 4.69) is 20.1 Å². The lowest BCUT2D eigenvalue weighted by Gasteiger charge is -2.36. The number of piperidine rings is 1. The van der Waals surface area contributed by atoms with Gasteiger partial charge in [-0.05, 0) is 44.0 Å². The van der Waals surface area contributed by atoms with Crippen LogP contribution in [0.1, 0.15) is 31.2 Å². The number of carbonyl (C=O) groups excluding carboxylic acids is 1. The first-order valence-electron chi connectivity index (χ1n) is 13.0. The minimum absolute atomic E-state index is 0.0890. The van der Waals surface area contributed by atoms with Gasteiger partial charge in [0.15, 0.2) is 0 Å². The molecule has 2 saturated heterocycles. The number of hydrogen-bond acceptors (Lipinski definition) is 8. The molecule has 10 nitrogen and oxygen atoms in total. The van der Waals surface area contributed by atoms with Crippen molar-refractivity contribution in [1.29, 1.82) is 0 Å². The summed E-state index contributed by atoms with van der Waals surface area (Å²) in [5.41, 5.74) is -0.993. The van der Waals surface area contributed by atoms with E-state index in [1.807, 2.05) is 23.2 Å². The van der Waals surface area contributed by atoms with Gasteiger partial charge in [-0.25, -0.2) is 4.98 Å². The second-order valence-electron chi connectivity index (χ2n) is 9.78. The number of benzene rings is 1. The molecule has 0 atom stereocenters. The molecule has 1 aromatic heterocycles. The average molecular weight is 551 g/mol. The van der Waals surface area contributed by atoms with Gasteiger partial charge >= 0.3 is 6.18 Å². The zero-order chi connectivity index (χ0) is 28.0. The molecule has 2 aliphatic rings. The summed E-state index contributed by atoms with van der Waals surface area (Å²) in [6.45, 7) is 5.49. The number of carbonyl (C=O) groups is 1. The van der Waals surface area contributed by atoms with Gasteiger partial charge in [-0.2, -0.15) is 13.2 Å². The largest absolute Gasteiger partial charge is 0.481 e. The summed E-state index contributed by atoms with van der Waals surface area (Å²) in [4.78, 5) is 33.4. The summed E-state index contributed by atoms with van der Waals surface area (Å²) in [7, 11) is 1.59. The fraction of sp³-hybridized carbons (Fsp3) is 0.538.